The van der Waals surface area contributed by atoms with Gasteiger partial charge >= 0.3 is 12.1 Å². The van der Waals surface area contributed by atoms with E-state index < -0.39 is 29.7 Å². The second kappa shape index (κ2) is 10.9. The summed E-state index contributed by atoms with van der Waals surface area (Å²) >= 11 is 0. The molecule has 0 radical (unpaired) electrons. The van der Waals surface area contributed by atoms with E-state index in [9.17, 15) is 14.4 Å². The van der Waals surface area contributed by atoms with Crippen molar-refractivity contribution in [3.8, 4) is 0 Å². The average molecular weight is 459 g/mol. The Morgan fingerprint density at radius 1 is 1.12 bits per heavy atom. The zero-order valence-corrected chi connectivity index (χ0v) is 20.7. The van der Waals surface area contributed by atoms with E-state index in [4.69, 9.17) is 9.47 Å². The topological polar surface area (TPSA) is 84.9 Å². The fourth-order valence-electron chi connectivity index (χ4n) is 4.12. The van der Waals surface area contributed by atoms with Crippen LogP contribution in [0.1, 0.15) is 59.9 Å². The Kier molecular flexibility index (Phi) is 8.69. The summed E-state index contributed by atoms with van der Waals surface area (Å²) in [6.07, 6.45) is 2.29. The van der Waals surface area contributed by atoms with E-state index in [-0.39, 0.29) is 30.4 Å². The van der Waals surface area contributed by atoms with Crippen molar-refractivity contribution >= 4 is 18.0 Å². The van der Waals surface area contributed by atoms with Gasteiger partial charge in [-0.15, -0.1) is 0 Å². The van der Waals surface area contributed by atoms with E-state index in [0.717, 1.165) is 5.56 Å². The number of amides is 2. The van der Waals surface area contributed by atoms with Crippen LogP contribution < -0.4 is 5.32 Å². The van der Waals surface area contributed by atoms with Crippen LogP contribution in [0.3, 0.4) is 0 Å². The lowest BCUT2D eigenvalue weighted by molar-refractivity contribution is -0.155. The van der Waals surface area contributed by atoms with Gasteiger partial charge in [0.15, 0.2) is 0 Å². The molecule has 0 bridgehead atoms. The molecule has 1 aromatic rings. The van der Waals surface area contributed by atoms with Crippen LogP contribution in [0, 0.1) is 5.41 Å². The van der Waals surface area contributed by atoms with Gasteiger partial charge in [-0.25, -0.2) is 9.59 Å². The summed E-state index contributed by atoms with van der Waals surface area (Å²) < 4.78 is 10.7. The highest BCUT2D eigenvalue weighted by Gasteiger charge is 2.48. The number of ether oxygens (including phenoxy) is 2. The summed E-state index contributed by atoms with van der Waals surface area (Å²) in [5.74, 6) is -0.770. The van der Waals surface area contributed by atoms with Crippen molar-refractivity contribution in [3.63, 3.8) is 0 Å². The van der Waals surface area contributed by atoms with E-state index in [1.54, 1.807) is 25.7 Å². The Labute approximate surface area is 197 Å². The fourth-order valence-corrected chi connectivity index (χ4v) is 4.12. The van der Waals surface area contributed by atoms with Gasteiger partial charge in [-0.1, -0.05) is 63.8 Å². The number of esters is 1. The van der Waals surface area contributed by atoms with Gasteiger partial charge in [0.2, 0.25) is 5.91 Å². The summed E-state index contributed by atoms with van der Waals surface area (Å²) in [6.45, 7) is 15.1. The third-order valence-electron chi connectivity index (χ3n) is 5.53. The lowest BCUT2D eigenvalue weighted by atomic mass is 9.85. The maximum Gasteiger partial charge on any atom is 0.408 e. The van der Waals surface area contributed by atoms with Crippen LogP contribution in [0.2, 0.25) is 0 Å². The Bertz CT molecular complexity index is 838. The molecule has 182 valence electrons. The maximum absolute atomic E-state index is 13.9. The van der Waals surface area contributed by atoms with Crippen molar-refractivity contribution in [2.75, 3.05) is 6.61 Å². The van der Waals surface area contributed by atoms with Crippen LogP contribution in [0.4, 0.5) is 4.79 Å². The number of carbonyl (C=O) groups excluding carboxylic acids is 3. The molecule has 7 nitrogen and oxygen atoms in total. The first-order valence-corrected chi connectivity index (χ1v) is 11.5. The molecule has 1 aromatic carbocycles. The highest BCUT2D eigenvalue weighted by Crippen LogP contribution is 2.37. The maximum atomic E-state index is 13.9. The summed E-state index contributed by atoms with van der Waals surface area (Å²) in [5.41, 5.74) is -0.0701. The van der Waals surface area contributed by atoms with Crippen LogP contribution in [-0.4, -0.2) is 53.2 Å². The summed E-state index contributed by atoms with van der Waals surface area (Å²) in [5, 5.41) is 2.75. The second-order valence-electron chi connectivity index (χ2n) is 10.5. The van der Waals surface area contributed by atoms with Gasteiger partial charge in [0.25, 0.3) is 0 Å². The minimum atomic E-state index is -0.889. The first-order chi connectivity index (χ1) is 15.3. The third kappa shape index (κ3) is 7.62. The number of benzene rings is 1. The Morgan fingerprint density at radius 2 is 1.76 bits per heavy atom. The smallest absolute Gasteiger partial charge is 0.408 e. The predicted octanol–water partition coefficient (Wildman–Crippen LogP) is 4.26. The Hall–Kier alpha value is -2.83. The molecular formula is C26H38N2O5. The molecule has 1 heterocycles. The second-order valence-corrected chi connectivity index (χ2v) is 10.5. The predicted molar refractivity (Wildman–Crippen MR) is 128 cm³/mol. The summed E-state index contributed by atoms with van der Waals surface area (Å²) in [4.78, 5) is 41.0. The summed E-state index contributed by atoms with van der Waals surface area (Å²) in [6, 6.07) is 7.69. The van der Waals surface area contributed by atoms with Crippen molar-refractivity contribution in [1.82, 2.24) is 10.2 Å². The molecule has 33 heavy (non-hydrogen) atoms. The van der Waals surface area contributed by atoms with E-state index >= 15 is 0 Å². The molecule has 1 aliphatic heterocycles. The lowest BCUT2D eigenvalue weighted by Gasteiger charge is -2.39. The molecule has 2 rings (SSSR count). The monoisotopic (exact) mass is 458 g/mol. The van der Waals surface area contributed by atoms with E-state index in [2.05, 4.69) is 11.9 Å². The largest absolute Gasteiger partial charge is 0.460 e. The molecule has 3 atom stereocenters. The highest BCUT2D eigenvalue weighted by atomic mass is 16.6. The molecule has 0 spiro atoms. The first kappa shape index (κ1) is 26.4. The van der Waals surface area contributed by atoms with Crippen LogP contribution in [0.25, 0.3) is 0 Å². The van der Waals surface area contributed by atoms with Crippen LogP contribution in [0.5, 0.6) is 0 Å². The van der Waals surface area contributed by atoms with E-state index in [0.29, 0.717) is 12.8 Å². The number of rotatable bonds is 7. The third-order valence-corrected chi connectivity index (χ3v) is 5.53. The van der Waals surface area contributed by atoms with E-state index in [1.807, 2.05) is 51.1 Å². The number of alkyl carbamates (subject to hydrolysis) is 1. The van der Waals surface area contributed by atoms with Crippen molar-refractivity contribution in [1.29, 1.82) is 0 Å². The molecule has 1 fully saturated rings. The number of hydrogen-bond donors (Lipinski definition) is 1. The van der Waals surface area contributed by atoms with Gasteiger partial charge in [0.05, 0.1) is 0 Å². The number of nitrogens with zero attached hydrogens (tertiary/aromatic N) is 1. The van der Waals surface area contributed by atoms with Crippen molar-refractivity contribution in [3.05, 3.63) is 48.6 Å². The average Bonchev–Trinajstić information content (AvgIpc) is 3.16. The van der Waals surface area contributed by atoms with Crippen LogP contribution in [-0.2, 0) is 25.5 Å². The lowest BCUT2D eigenvalue weighted by Crippen LogP contribution is -2.57. The molecule has 0 saturated carbocycles. The van der Waals surface area contributed by atoms with Crippen molar-refractivity contribution in [2.45, 2.75) is 84.5 Å². The SMILES string of the molecule is C=CCOC(=O)[C@@H]1CC[C@H](C(C)(C)C)N1C(=O)[C@H](Cc1ccccc1)NC(=O)OC(C)(C)C. The number of nitrogens with one attached hydrogen (secondary N) is 1. The summed E-state index contributed by atoms with van der Waals surface area (Å²) in [7, 11) is 0. The van der Waals surface area contributed by atoms with Gasteiger partial charge in [-0.3, -0.25) is 4.79 Å². The fraction of sp³-hybridized carbons (Fsp3) is 0.577. The molecule has 2 amide bonds. The molecule has 7 heteroatoms. The molecule has 0 aliphatic carbocycles. The normalized spacial score (nSPS) is 19.5. The minimum absolute atomic E-state index is 0.0845. The minimum Gasteiger partial charge on any atom is -0.460 e. The molecule has 0 unspecified atom stereocenters. The zero-order valence-electron chi connectivity index (χ0n) is 20.7. The van der Waals surface area contributed by atoms with Crippen LogP contribution in [0.15, 0.2) is 43.0 Å². The molecule has 0 aromatic heterocycles. The van der Waals surface area contributed by atoms with Gasteiger partial charge in [-0.05, 0) is 44.6 Å². The van der Waals surface area contributed by atoms with Crippen molar-refractivity contribution < 1.29 is 23.9 Å². The van der Waals surface area contributed by atoms with Gasteiger partial charge < -0.3 is 19.7 Å². The van der Waals surface area contributed by atoms with Gasteiger partial charge in [0.1, 0.15) is 24.3 Å². The number of carbonyl (C=O) groups is 3. The quantitative estimate of drug-likeness (QED) is 0.488. The van der Waals surface area contributed by atoms with E-state index in [1.165, 1.54) is 6.08 Å². The van der Waals surface area contributed by atoms with Gasteiger partial charge in [-0.2, -0.15) is 0 Å². The highest BCUT2D eigenvalue weighted by molar-refractivity contribution is 5.91. The molecule has 1 saturated heterocycles. The van der Waals surface area contributed by atoms with Crippen LogP contribution >= 0.6 is 0 Å². The molecular weight excluding hydrogens is 420 g/mol. The Balaban J connectivity index is 2.37. The zero-order chi connectivity index (χ0) is 24.8. The van der Waals surface area contributed by atoms with Gasteiger partial charge in [0, 0.05) is 12.5 Å². The molecule has 1 aliphatic rings. The standard InChI is InChI=1S/C26H38N2O5/c1-8-16-32-23(30)20-14-15-21(25(2,3)4)28(20)22(29)19(17-18-12-10-9-11-13-18)27-24(31)33-26(5,6)7/h8-13,19-21H,1,14-17H2,2-7H3,(H,27,31)/t19-,20-,21+/m0/s1. The first-order valence-electron chi connectivity index (χ1n) is 11.5. The molecule has 1 N–H and O–H groups in total. The number of hydrogen-bond acceptors (Lipinski definition) is 5. The number of likely N-dealkylation sites (tertiary alicyclic amines) is 1. The van der Waals surface area contributed by atoms with Crippen molar-refractivity contribution in [2.24, 2.45) is 5.41 Å². The Morgan fingerprint density at radius 3 is 2.30 bits per heavy atom.